The molecule has 0 saturated carbocycles. The summed E-state index contributed by atoms with van der Waals surface area (Å²) in [5.74, 6) is 0.499. The number of hydrogen-bond acceptors (Lipinski definition) is 5. The fraction of sp³-hybridized carbons (Fsp3) is 0.647. The van der Waals surface area contributed by atoms with Gasteiger partial charge in [-0.05, 0) is 43.0 Å². The van der Waals surface area contributed by atoms with Crippen molar-refractivity contribution >= 4 is 5.91 Å². The number of carbonyl (C=O) groups excluding carboxylic acids is 1. The van der Waals surface area contributed by atoms with Crippen molar-refractivity contribution < 1.29 is 14.3 Å². The average Bonchev–Trinajstić information content (AvgIpc) is 2.99. The maximum absolute atomic E-state index is 12.1. The minimum atomic E-state index is -0.303. The second-order valence-corrected chi connectivity index (χ2v) is 6.32. The normalized spacial score (nSPS) is 27.6. The Morgan fingerprint density at radius 2 is 2.30 bits per heavy atom. The van der Waals surface area contributed by atoms with Crippen LogP contribution in [0.5, 0.6) is 0 Å². The van der Waals surface area contributed by atoms with E-state index in [-0.39, 0.29) is 18.1 Å². The minimum Gasteiger partial charge on any atom is -0.383 e. The van der Waals surface area contributed by atoms with Crippen molar-refractivity contribution in [3.05, 3.63) is 30.1 Å². The van der Waals surface area contributed by atoms with Crippen LogP contribution in [0.15, 0.2) is 24.5 Å². The molecule has 3 rings (SSSR count). The lowest BCUT2D eigenvalue weighted by Crippen LogP contribution is -2.42. The maximum Gasteiger partial charge on any atom is 0.249 e. The summed E-state index contributed by atoms with van der Waals surface area (Å²) in [7, 11) is 1.63. The van der Waals surface area contributed by atoms with Crippen molar-refractivity contribution in [2.75, 3.05) is 33.4 Å². The van der Waals surface area contributed by atoms with Gasteiger partial charge in [0.05, 0.1) is 12.7 Å². The molecule has 0 bridgehead atoms. The molecule has 0 radical (unpaired) electrons. The van der Waals surface area contributed by atoms with Crippen molar-refractivity contribution in [2.45, 2.75) is 31.6 Å². The van der Waals surface area contributed by atoms with Crippen LogP contribution in [-0.2, 0) is 20.8 Å². The molecule has 0 unspecified atom stereocenters. The highest BCUT2D eigenvalue weighted by atomic mass is 16.5. The molecule has 23 heavy (non-hydrogen) atoms. The number of nitrogens with zero attached hydrogens (tertiary/aromatic N) is 2. The van der Waals surface area contributed by atoms with E-state index in [9.17, 15) is 4.79 Å². The van der Waals surface area contributed by atoms with Gasteiger partial charge >= 0.3 is 0 Å². The first-order valence-electron chi connectivity index (χ1n) is 8.29. The predicted molar refractivity (Wildman–Crippen MR) is 85.8 cm³/mol. The topological polar surface area (TPSA) is 63.7 Å². The predicted octanol–water partition coefficient (Wildman–Crippen LogP) is 0.824. The lowest BCUT2D eigenvalue weighted by molar-refractivity contribution is -0.133. The van der Waals surface area contributed by atoms with Gasteiger partial charge in [0.25, 0.3) is 0 Å². The van der Waals surface area contributed by atoms with E-state index in [1.54, 1.807) is 7.11 Å². The molecule has 3 heterocycles. The Bertz CT molecular complexity index is 511. The number of rotatable bonds is 6. The zero-order valence-electron chi connectivity index (χ0n) is 13.6. The number of fused-ring (bicyclic) bond motifs is 1. The van der Waals surface area contributed by atoms with Gasteiger partial charge in [0, 0.05) is 39.1 Å². The molecule has 0 aromatic carbocycles. The van der Waals surface area contributed by atoms with Gasteiger partial charge in [-0.15, -0.1) is 0 Å². The molecule has 2 aliphatic heterocycles. The van der Waals surface area contributed by atoms with Crippen LogP contribution in [0.1, 0.15) is 18.4 Å². The highest BCUT2D eigenvalue weighted by Gasteiger charge is 2.41. The van der Waals surface area contributed by atoms with Crippen molar-refractivity contribution in [1.82, 2.24) is 15.2 Å². The third-order valence-electron chi connectivity index (χ3n) is 4.69. The van der Waals surface area contributed by atoms with Crippen molar-refractivity contribution in [1.29, 1.82) is 0 Å². The van der Waals surface area contributed by atoms with E-state index in [1.165, 1.54) is 5.56 Å². The van der Waals surface area contributed by atoms with Crippen LogP contribution in [0.2, 0.25) is 0 Å². The molecule has 1 N–H and O–H groups in total. The van der Waals surface area contributed by atoms with Gasteiger partial charge in [0.15, 0.2) is 0 Å². The molecule has 2 aliphatic rings. The molecular weight excluding hydrogens is 294 g/mol. The monoisotopic (exact) mass is 319 g/mol. The summed E-state index contributed by atoms with van der Waals surface area (Å²) in [6, 6.07) is 4.10. The lowest BCUT2D eigenvalue weighted by Gasteiger charge is -2.34. The Morgan fingerprint density at radius 1 is 1.48 bits per heavy atom. The van der Waals surface area contributed by atoms with Crippen molar-refractivity contribution in [3.63, 3.8) is 0 Å². The van der Waals surface area contributed by atoms with E-state index < -0.39 is 0 Å². The fourth-order valence-corrected chi connectivity index (χ4v) is 3.44. The van der Waals surface area contributed by atoms with E-state index in [0.717, 1.165) is 32.5 Å². The molecule has 6 nitrogen and oxygen atoms in total. The molecule has 6 heteroatoms. The Morgan fingerprint density at radius 3 is 3.09 bits per heavy atom. The Labute approximate surface area is 137 Å². The van der Waals surface area contributed by atoms with Gasteiger partial charge in [0.1, 0.15) is 6.10 Å². The van der Waals surface area contributed by atoms with Gasteiger partial charge in [-0.3, -0.25) is 14.7 Å². The van der Waals surface area contributed by atoms with Gasteiger partial charge in [-0.1, -0.05) is 0 Å². The lowest BCUT2D eigenvalue weighted by atomic mass is 9.91. The zero-order chi connectivity index (χ0) is 16.1. The van der Waals surface area contributed by atoms with Gasteiger partial charge in [-0.2, -0.15) is 0 Å². The van der Waals surface area contributed by atoms with Crippen LogP contribution < -0.4 is 5.32 Å². The van der Waals surface area contributed by atoms with Crippen molar-refractivity contribution in [2.24, 2.45) is 5.92 Å². The SMILES string of the molecule is COCCNC(=O)[C@@H]1C[C@H]2CCN(Cc3ccncc3)C[C@@H]2O1. The third-order valence-corrected chi connectivity index (χ3v) is 4.69. The molecule has 1 aromatic heterocycles. The van der Waals surface area contributed by atoms with Crippen LogP contribution >= 0.6 is 0 Å². The Kier molecular flexibility index (Phi) is 5.59. The zero-order valence-corrected chi connectivity index (χ0v) is 13.6. The number of aromatic nitrogens is 1. The molecule has 126 valence electrons. The number of carbonyl (C=O) groups is 1. The molecule has 0 spiro atoms. The molecule has 2 fully saturated rings. The summed E-state index contributed by atoms with van der Waals surface area (Å²) >= 11 is 0. The molecule has 1 amide bonds. The van der Waals surface area contributed by atoms with Gasteiger partial charge in [0.2, 0.25) is 5.91 Å². The highest BCUT2D eigenvalue weighted by Crippen LogP contribution is 2.33. The van der Waals surface area contributed by atoms with Gasteiger partial charge < -0.3 is 14.8 Å². The van der Waals surface area contributed by atoms with Crippen molar-refractivity contribution in [3.8, 4) is 0 Å². The van der Waals surface area contributed by atoms with E-state index in [4.69, 9.17) is 9.47 Å². The summed E-state index contributed by atoms with van der Waals surface area (Å²) < 4.78 is 11.0. The average molecular weight is 319 g/mol. The number of nitrogens with one attached hydrogen (secondary N) is 1. The summed E-state index contributed by atoms with van der Waals surface area (Å²) in [4.78, 5) is 18.6. The van der Waals surface area contributed by atoms with Crippen LogP contribution in [0, 0.1) is 5.92 Å². The quantitative estimate of drug-likeness (QED) is 0.787. The molecular formula is C17H25N3O3. The molecule has 1 aromatic rings. The summed E-state index contributed by atoms with van der Waals surface area (Å²) in [5, 5.41) is 2.88. The fourth-order valence-electron chi connectivity index (χ4n) is 3.44. The third kappa shape index (κ3) is 4.28. The van der Waals surface area contributed by atoms with Crippen LogP contribution in [0.3, 0.4) is 0 Å². The summed E-state index contributed by atoms with van der Waals surface area (Å²) in [6.07, 6.45) is 5.46. The maximum atomic E-state index is 12.1. The standard InChI is InChI=1S/C17H25N3O3/c1-22-9-7-19-17(21)15-10-14-4-8-20(12-16(14)23-15)11-13-2-5-18-6-3-13/h2-3,5-6,14-16H,4,7-12H2,1H3,(H,19,21)/t14-,15+,16+/m1/s1. The van der Waals surface area contributed by atoms with Crippen LogP contribution in [0.4, 0.5) is 0 Å². The molecule has 3 atom stereocenters. The largest absolute Gasteiger partial charge is 0.383 e. The van der Waals surface area contributed by atoms with E-state index in [0.29, 0.717) is 19.1 Å². The van der Waals surface area contributed by atoms with E-state index in [2.05, 4.69) is 15.2 Å². The summed E-state index contributed by atoms with van der Waals surface area (Å²) in [5.41, 5.74) is 1.27. The molecule has 0 aliphatic carbocycles. The van der Waals surface area contributed by atoms with Gasteiger partial charge in [-0.25, -0.2) is 0 Å². The first-order valence-corrected chi connectivity index (χ1v) is 8.29. The summed E-state index contributed by atoms with van der Waals surface area (Å²) in [6.45, 7) is 3.95. The highest BCUT2D eigenvalue weighted by molar-refractivity contribution is 5.81. The first kappa shape index (κ1) is 16.4. The number of hydrogen-bond donors (Lipinski definition) is 1. The number of likely N-dealkylation sites (tertiary alicyclic amines) is 1. The van der Waals surface area contributed by atoms with Crippen LogP contribution in [0.25, 0.3) is 0 Å². The van der Waals surface area contributed by atoms with Crippen LogP contribution in [-0.4, -0.2) is 61.3 Å². The smallest absolute Gasteiger partial charge is 0.249 e. The van der Waals surface area contributed by atoms with E-state index >= 15 is 0 Å². The number of piperidine rings is 1. The second-order valence-electron chi connectivity index (χ2n) is 6.32. The second kappa shape index (κ2) is 7.86. The Balaban J connectivity index is 1.48. The van der Waals surface area contributed by atoms with E-state index in [1.807, 2.05) is 24.5 Å². The number of pyridine rings is 1. The molecule has 2 saturated heterocycles. The number of ether oxygens (including phenoxy) is 2. The minimum absolute atomic E-state index is 0.00265. The first-order chi connectivity index (χ1) is 11.3. The Hall–Kier alpha value is -1.50. The number of amides is 1. The number of methoxy groups -OCH3 is 1.